The topological polar surface area (TPSA) is 97.4 Å². The second kappa shape index (κ2) is 9.74. The van der Waals surface area contributed by atoms with Crippen LogP contribution < -0.4 is 10.7 Å². The number of hydrogen-bond acceptors (Lipinski definition) is 5. The Bertz CT molecular complexity index is 1410. The zero-order valence-corrected chi connectivity index (χ0v) is 18.5. The number of aromatic nitrogens is 2. The molecule has 7 nitrogen and oxygen atoms in total. The van der Waals surface area contributed by atoms with Crippen LogP contribution in [0.2, 0.25) is 5.02 Å². The van der Waals surface area contributed by atoms with Crippen molar-refractivity contribution in [1.29, 1.82) is 0 Å². The van der Waals surface area contributed by atoms with E-state index in [0.29, 0.717) is 16.3 Å². The minimum absolute atomic E-state index is 0.00581. The highest BCUT2D eigenvalue weighted by molar-refractivity contribution is 6.30. The second-order valence-corrected chi connectivity index (χ2v) is 7.87. The summed E-state index contributed by atoms with van der Waals surface area (Å²) in [5, 5.41) is 13.8. The highest BCUT2D eigenvalue weighted by Crippen LogP contribution is 2.18. The van der Waals surface area contributed by atoms with Gasteiger partial charge in [0.1, 0.15) is 5.56 Å². The highest BCUT2D eigenvalue weighted by atomic mass is 35.5. The van der Waals surface area contributed by atoms with Crippen molar-refractivity contribution >= 4 is 28.6 Å². The summed E-state index contributed by atoms with van der Waals surface area (Å²) in [4.78, 5) is 29.5. The maximum Gasteiger partial charge on any atom is 0.257 e. The fraction of sp³-hybridized carbons (Fsp3) is 0.160. The summed E-state index contributed by atoms with van der Waals surface area (Å²) in [5.74, 6) is 5.47. The van der Waals surface area contributed by atoms with Crippen LogP contribution in [-0.2, 0) is 13.6 Å². The van der Waals surface area contributed by atoms with E-state index in [1.54, 1.807) is 60.4 Å². The SMILES string of the molecule is Cn1cc(C(=O)NCc2ccc(Cl)cc2)c(=O)c2cc(C#CCC(O)c3cccnc3)oc21. The third-order valence-electron chi connectivity index (χ3n) is 5.03. The maximum atomic E-state index is 12.9. The smallest absolute Gasteiger partial charge is 0.257 e. The van der Waals surface area contributed by atoms with Gasteiger partial charge in [-0.3, -0.25) is 14.6 Å². The molecule has 1 unspecified atom stereocenters. The van der Waals surface area contributed by atoms with Crippen LogP contribution in [0.5, 0.6) is 0 Å². The van der Waals surface area contributed by atoms with E-state index in [9.17, 15) is 14.7 Å². The van der Waals surface area contributed by atoms with Crippen LogP contribution in [0.25, 0.3) is 11.1 Å². The Hall–Kier alpha value is -3.86. The van der Waals surface area contributed by atoms with Crippen molar-refractivity contribution in [2.24, 2.45) is 7.05 Å². The van der Waals surface area contributed by atoms with Crippen molar-refractivity contribution < 1.29 is 14.3 Å². The lowest BCUT2D eigenvalue weighted by atomic mass is 10.1. The van der Waals surface area contributed by atoms with Crippen LogP contribution in [0.4, 0.5) is 0 Å². The van der Waals surface area contributed by atoms with Gasteiger partial charge in [0.25, 0.3) is 5.91 Å². The first-order valence-corrected chi connectivity index (χ1v) is 10.5. The van der Waals surface area contributed by atoms with Crippen LogP contribution in [0, 0.1) is 11.8 Å². The van der Waals surface area contributed by atoms with E-state index in [4.69, 9.17) is 16.0 Å². The number of halogens is 1. The molecular formula is C25H20ClN3O4. The monoisotopic (exact) mass is 461 g/mol. The molecular weight excluding hydrogens is 442 g/mol. The summed E-state index contributed by atoms with van der Waals surface area (Å²) in [6, 6.07) is 12.1. The summed E-state index contributed by atoms with van der Waals surface area (Å²) in [5.41, 5.74) is 1.40. The number of amides is 1. The molecule has 0 bridgehead atoms. The third kappa shape index (κ3) is 5.14. The minimum Gasteiger partial charge on any atom is -0.431 e. The lowest BCUT2D eigenvalue weighted by Crippen LogP contribution is -2.29. The van der Waals surface area contributed by atoms with Crippen LogP contribution >= 0.6 is 11.6 Å². The van der Waals surface area contributed by atoms with Gasteiger partial charge in [-0.2, -0.15) is 0 Å². The van der Waals surface area contributed by atoms with E-state index >= 15 is 0 Å². The van der Waals surface area contributed by atoms with Gasteiger partial charge in [-0.15, -0.1) is 0 Å². The lowest BCUT2D eigenvalue weighted by molar-refractivity contribution is 0.0949. The number of furan rings is 1. The van der Waals surface area contributed by atoms with Crippen LogP contribution in [0.1, 0.15) is 39.8 Å². The number of aliphatic hydroxyl groups is 1. The number of rotatable bonds is 5. The van der Waals surface area contributed by atoms with Gasteiger partial charge in [-0.1, -0.05) is 35.7 Å². The summed E-state index contributed by atoms with van der Waals surface area (Å²) in [6.07, 6.45) is 4.05. The van der Waals surface area contributed by atoms with Crippen molar-refractivity contribution in [1.82, 2.24) is 14.9 Å². The van der Waals surface area contributed by atoms with Gasteiger partial charge in [0.2, 0.25) is 11.1 Å². The van der Waals surface area contributed by atoms with Crippen LogP contribution in [-0.4, -0.2) is 20.6 Å². The summed E-state index contributed by atoms with van der Waals surface area (Å²) in [6.45, 7) is 0.262. The molecule has 0 saturated heterocycles. The molecule has 0 radical (unpaired) electrons. The van der Waals surface area contributed by atoms with Gasteiger partial charge in [0, 0.05) is 49.7 Å². The van der Waals surface area contributed by atoms with Gasteiger partial charge in [-0.05, 0) is 35.2 Å². The number of carbonyl (C=O) groups is 1. The van der Waals surface area contributed by atoms with Gasteiger partial charge in [-0.25, -0.2) is 0 Å². The maximum absolute atomic E-state index is 12.9. The van der Waals surface area contributed by atoms with E-state index in [1.807, 2.05) is 0 Å². The summed E-state index contributed by atoms with van der Waals surface area (Å²) >= 11 is 5.88. The van der Waals surface area contributed by atoms with E-state index in [-0.39, 0.29) is 29.7 Å². The number of nitrogens with one attached hydrogen (secondary N) is 1. The first-order valence-electron chi connectivity index (χ1n) is 10.1. The summed E-state index contributed by atoms with van der Waals surface area (Å²) in [7, 11) is 1.69. The molecule has 1 amide bonds. The Morgan fingerprint density at radius 3 is 2.82 bits per heavy atom. The average Bonchev–Trinajstić information content (AvgIpc) is 3.26. The number of nitrogens with zero attached hydrogens (tertiary/aromatic N) is 2. The van der Waals surface area contributed by atoms with Gasteiger partial charge in [0.05, 0.1) is 11.5 Å². The van der Waals surface area contributed by atoms with E-state index in [2.05, 4.69) is 22.1 Å². The molecule has 4 rings (SSSR count). The number of aryl methyl sites for hydroxylation is 1. The fourth-order valence-corrected chi connectivity index (χ4v) is 3.42. The zero-order chi connectivity index (χ0) is 23.4. The van der Waals surface area contributed by atoms with Crippen LogP contribution in [0.3, 0.4) is 0 Å². The number of carbonyl (C=O) groups excluding carboxylic acids is 1. The largest absolute Gasteiger partial charge is 0.431 e. The Morgan fingerprint density at radius 1 is 1.30 bits per heavy atom. The van der Waals surface area contributed by atoms with E-state index in [0.717, 1.165) is 5.56 Å². The molecule has 0 spiro atoms. The number of aliphatic hydroxyl groups excluding tert-OH is 1. The van der Waals surface area contributed by atoms with E-state index < -0.39 is 17.4 Å². The molecule has 0 saturated carbocycles. The molecule has 2 N–H and O–H groups in total. The quantitative estimate of drug-likeness (QED) is 0.443. The summed E-state index contributed by atoms with van der Waals surface area (Å²) < 4.78 is 7.27. The average molecular weight is 462 g/mol. The predicted molar refractivity (Wildman–Crippen MR) is 125 cm³/mol. The second-order valence-electron chi connectivity index (χ2n) is 7.43. The van der Waals surface area contributed by atoms with Gasteiger partial charge >= 0.3 is 0 Å². The van der Waals surface area contributed by atoms with Crippen molar-refractivity contribution in [3.63, 3.8) is 0 Å². The van der Waals surface area contributed by atoms with Gasteiger partial charge < -0.3 is 19.4 Å². The van der Waals surface area contributed by atoms with Crippen molar-refractivity contribution in [2.45, 2.75) is 19.1 Å². The van der Waals surface area contributed by atoms with E-state index in [1.165, 1.54) is 12.3 Å². The fourth-order valence-electron chi connectivity index (χ4n) is 3.29. The Labute approximate surface area is 194 Å². The molecule has 3 aromatic heterocycles. The molecule has 166 valence electrons. The van der Waals surface area contributed by atoms with Crippen molar-refractivity contribution in [2.75, 3.05) is 0 Å². The Balaban J connectivity index is 1.52. The minimum atomic E-state index is -0.780. The molecule has 0 aliphatic heterocycles. The zero-order valence-electron chi connectivity index (χ0n) is 17.7. The molecule has 0 aliphatic rings. The van der Waals surface area contributed by atoms with Crippen molar-refractivity contribution in [3.8, 4) is 11.8 Å². The standard InChI is InChI=1S/C25H20ClN3O4/c1-29-15-21(24(32)28-13-16-7-9-18(26)10-8-16)23(31)20-12-19(33-25(20)29)5-2-6-22(30)17-4-3-11-27-14-17/h3-4,7-12,14-15,22,30H,6,13H2,1H3,(H,28,32). The van der Waals surface area contributed by atoms with Crippen molar-refractivity contribution in [3.05, 3.63) is 98.8 Å². The van der Waals surface area contributed by atoms with Crippen LogP contribution in [0.15, 0.2) is 70.3 Å². The number of hydrogen-bond donors (Lipinski definition) is 2. The normalized spacial score (nSPS) is 11.6. The first kappa shape index (κ1) is 22.3. The number of pyridine rings is 2. The lowest BCUT2D eigenvalue weighted by Gasteiger charge is -2.07. The number of benzene rings is 1. The first-order chi connectivity index (χ1) is 15.9. The predicted octanol–water partition coefficient (Wildman–Crippen LogP) is 3.59. The van der Waals surface area contributed by atoms with Gasteiger partial charge in [0.15, 0.2) is 5.76 Å². The molecule has 8 heteroatoms. The molecule has 4 aromatic rings. The molecule has 1 atom stereocenters. The molecule has 3 heterocycles. The third-order valence-corrected chi connectivity index (χ3v) is 5.28. The Morgan fingerprint density at radius 2 is 2.09 bits per heavy atom. The molecule has 33 heavy (non-hydrogen) atoms. The molecule has 1 aromatic carbocycles. The Kier molecular flexibility index (Phi) is 6.59. The molecule has 0 fully saturated rings. The molecule has 0 aliphatic carbocycles. The number of fused-ring (bicyclic) bond motifs is 1. The highest BCUT2D eigenvalue weighted by Gasteiger charge is 2.17.